The molecule has 13 nitrogen and oxygen atoms in total. The minimum Gasteiger partial charge on any atom is -0.387 e. The van der Waals surface area contributed by atoms with E-state index in [4.69, 9.17) is 19.2 Å². The Hall–Kier alpha value is -3.55. The van der Waals surface area contributed by atoms with Crippen molar-refractivity contribution in [1.82, 2.24) is 34.2 Å². The number of rotatable bonds is 12. The Kier molecular flexibility index (Phi) is 8.10. The minimum atomic E-state index is -1.24. The van der Waals surface area contributed by atoms with E-state index in [1.54, 1.807) is 23.3 Å². The van der Waals surface area contributed by atoms with Gasteiger partial charge in [-0.05, 0) is 19.3 Å². The molecule has 0 bridgehead atoms. The Morgan fingerprint density at radius 1 is 1.03 bits per heavy atom. The van der Waals surface area contributed by atoms with Crippen LogP contribution < -0.4 is 10.6 Å². The van der Waals surface area contributed by atoms with E-state index in [1.807, 2.05) is 17.8 Å². The smallest absolute Gasteiger partial charge is 0.226 e. The van der Waals surface area contributed by atoms with Crippen LogP contribution in [-0.2, 0) is 24.6 Å². The molecule has 0 saturated carbocycles. The Labute approximate surface area is 226 Å². The molecule has 4 aromatic heterocycles. The van der Waals surface area contributed by atoms with Crippen molar-refractivity contribution < 1.29 is 19.5 Å². The lowest BCUT2D eigenvalue weighted by atomic mass is 10.1. The maximum absolute atomic E-state index is 11.0. The lowest BCUT2D eigenvalue weighted by Gasteiger charge is -2.18. The summed E-state index contributed by atoms with van der Waals surface area (Å²) in [6.07, 6.45) is 5.24. The Balaban J connectivity index is 1.44. The van der Waals surface area contributed by atoms with Gasteiger partial charge in [0.15, 0.2) is 29.0 Å². The van der Waals surface area contributed by atoms with Crippen molar-refractivity contribution in [3.8, 4) is 0 Å². The van der Waals surface area contributed by atoms with E-state index in [0.717, 1.165) is 37.1 Å². The minimum absolute atomic E-state index is 0.206. The molecule has 0 aliphatic carbocycles. The molecule has 4 atom stereocenters. The second-order valence-corrected chi connectivity index (χ2v) is 9.98. The summed E-state index contributed by atoms with van der Waals surface area (Å²) < 4.78 is 15.1. The third kappa shape index (κ3) is 5.60. The van der Waals surface area contributed by atoms with Gasteiger partial charge in [0.2, 0.25) is 5.95 Å². The number of fused-ring (bicyclic) bond motifs is 1. The van der Waals surface area contributed by atoms with Crippen molar-refractivity contribution in [1.29, 1.82) is 0 Å². The monoisotopic (exact) mass is 539 g/mol. The Morgan fingerprint density at radius 3 is 2.56 bits per heavy atom. The topological polar surface area (TPSA) is 161 Å². The van der Waals surface area contributed by atoms with Crippen molar-refractivity contribution in [2.75, 3.05) is 17.2 Å². The van der Waals surface area contributed by atoms with Crippen LogP contribution in [0.1, 0.15) is 69.5 Å². The molecule has 210 valence electrons. The van der Waals surface area contributed by atoms with E-state index in [0.29, 0.717) is 41.7 Å². The van der Waals surface area contributed by atoms with Crippen LogP contribution in [0.25, 0.3) is 11.2 Å². The molecule has 1 saturated heterocycles. The van der Waals surface area contributed by atoms with Crippen LogP contribution in [0.2, 0.25) is 0 Å². The second kappa shape index (κ2) is 11.7. The van der Waals surface area contributed by atoms with E-state index in [9.17, 15) is 10.2 Å². The number of hydrogen-bond acceptors (Lipinski definition) is 11. The van der Waals surface area contributed by atoms with Crippen LogP contribution in [0.5, 0.6) is 0 Å². The largest absolute Gasteiger partial charge is 0.387 e. The first kappa shape index (κ1) is 27.0. The van der Waals surface area contributed by atoms with Gasteiger partial charge in [0, 0.05) is 38.3 Å². The molecule has 1 aliphatic heterocycles. The van der Waals surface area contributed by atoms with Crippen LogP contribution in [0.3, 0.4) is 0 Å². The van der Waals surface area contributed by atoms with Crippen molar-refractivity contribution in [2.24, 2.45) is 7.05 Å². The normalized spacial score (nSPS) is 21.3. The zero-order valence-corrected chi connectivity index (χ0v) is 22.8. The van der Waals surface area contributed by atoms with Crippen molar-refractivity contribution in [3.05, 3.63) is 42.1 Å². The van der Waals surface area contributed by atoms with Crippen molar-refractivity contribution in [3.63, 3.8) is 0 Å². The zero-order valence-electron chi connectivity index (χ0n) is 22.8. The number of aliphatic hydroxyl groups excluding tert-OH is 2. The molecule has 0 aromatic carbocycles. The summed E-state index contributed by atoms with van der Waals surface area (Å²) in [5, 5.41) is 32.7. The van der Waals surface area contributed by atoms with Crippen LogP contribution in [0, 0.1) is 0 Å². The molecule has 0 radical (unpaired) electrons. The van der Waals surface area contributed by atoms with Gasteiger partial charge in [0.25, 0.3) is 0 Å². The first-order valence-electron chi connectivity index (χ1n) is 13.6. The molecule has 13 heteroatoms. The summed E-state index contributed by atoms with van der Waals surface area (Å²) in [7, 11) is 1.94. The van der Waals surface area contributed by atoms with Crippen LogP contribution >= 0.6 is 0 Å². The number of imidazole rings is 2. The molecule has 5 heterocycles. The van der Waals surface area contributed by atoms with Gasteiger partial charge in [-0.2, -0.15) is 9.97 Å². The standard InChI is InChI=1S/C26H37N9O4/c1-5-8-16-11-18(39-33-16)22-20(36)21(37)25(38-22)35-14-29-19-23(30-15(6-2)7-3)31-26(32-24(19)35)27-10-9-17-12-34(4)13-28-17/h11-15,20-22,25,36-37H,5-10H2,1-4H3,(H2,27,30,31,32)/t20-,21+,22+,25+/m0/s1. The molecule has 1 aliphatic rings. The molecular formula is C26H37N9O4. The molecule has 5 rings (SSSR count). The highest BCUT2D eigenvalue weighted by atomic mass is 16.6. The summed E-state index contributed by atoms with van der Waals surface area (Å²) in [6.45, 7) is 6.86. The van der Waals surface area contributed by atoms with Gasteiger partial charge in [-0.3, -0.25) is 4.57 Å². The predicted octanol–water partition coefficient (Wildman–Crippen LogP) is 2.75. The highest BCUT2D eigenvalue weighted by Gasteiger charge is 2.47. The fraction of sp³-hybridized carbons (Fsp3) is 0.577. The molecule has 0 amide bonds. The summed E-state index contributed by atoms with van der Waals surface area (Å²) >= 11 is 0. The second-order valence-electron chi connectivity index (χ2n) is 9.98. The zero-order chi connectivity index (χ0) is 27.5. The van der Waals surface area contributed by atoms with E-state index in [-0.39, 0.29) is 6.04 Å². The molecule has 4 aromatic rings. The average molecular weight is 540 g/mol. The SMILES string of the molecule is CCCc1cc([C@H]2O[C@@H](n3cnc4c(NC(CC)CC)nc(NCCc5cn(C)cn5)nc43)[C@H](O)[C@@H]2O)on1. The third-order valence-corrected chi connectivity index (χ3v) is 7.05. The van der Waals surface area contributed by atoms with Gasteiger partial charge in [-0.1, -0.05) is 32.3 Å². The fourth-order valence-electron chi connectivity index (χ4n) is 4.83. The van der Waals surface area contributed by atoms with Crippen LogP contribution in [0.15, 0.2) is 29.4 Å². The Bertz CT molecular complexity index is 1380. The van der Waals surface area contributed by atoms with E-state index < -0.39 is 24.5 Å². The van der Waals surface area contributed by atoms with Gasteiger partial charge in [0.1, 0.15) is 18.3 Å². The molecule has 1 fully saturated rings. The van der Waals surface area contributed by atoms with E-state index in [1.165, 1.54) is 0 Å². The lowest BCUT2D eigenvalue weighted by molar-refractivity contribution is -0.0434. The maximum atomic E-state index is 11.0. The number of aromatic nitrogens is 7. The summed E-state index contributed by atoms with van der Waals surface area (Å²) in [5.74, 6) is 1.38. The highest BCUT2D eigenvalue weighted by Crippen LogP contribution is 2.40. The van der Waals surface area contributed by atoms with Gasteiger partial charge >= 0.3 is 0 Å². The van der Waals surface area contributed by atoms with Gasteiger partial charge in [-0.15, -0.1) is 0 Å². The molecule has 39 heavy (non-hydrogen) atoms. The van der Waals surface area contributed by atoms with Crippen molar-refractivity contribution in [2.45, 2.75) is 83.5 Å². The van der Waals surface area contributed by atoms with Crippen LogP contribution in [-0.4, -0.2) is 69.2 Å². The third-order valence-electron chi connectivity index (χ3n) is 7.05. The summed E-state index contributed by atoms with van der Waals surface area (Å²) in [4.78, 5) is 18.4. The van der Waals surface area contributed by atoms with E-state index in [2.05, 4.69) is 46.5 Å². The van der Waals surface area contributed by atoms with Gasteiger partial charge in [-0.25, -0.2) is 9.97 Å². The quantitative estimate of drug-likeness (QED) is 0.209. The number of anilines is 2. The molecular weight excluding hydrogens is 502 g/mol. The number of ether oxygens (including phenoxy) is 1. The van der Waals surface area contributed by atoms with E-state index >= 15 is 0 Å². The number of aliphatic hydroxyl groups is 2. The average Bonchev–Trinajstić information content (AvgIpc) is 3.71. The summed E-state index contributed by atoms with van der Waals surface area (Å²) in [6, 6.07) is 1.97. The lowest BCUT2D eigenvalue weighted by Crippen LogP contribution is -2.29. The summed E-state index contributed by atoms with van der Waals surface area (Å²) in [5.41, 5.74) is 2.76. The Morgan fingerprint density at radius 2 is 1.85 bits per heavy atom. The number of hydrogen-bond donors (Lipinski definition) is 4. The molecule has 0 spiro atoms. The maximum Gasteiger partial charge on any atom is 0.226 e. The number of nitrogens with one attached hydrogen (secondary N) is 2. The predicted molar refractivity (Wildman–Crippen MR) is 144 cm³/mol. The molecule has 4 N–H and O–H groups in total. The van der Waals surface area contributed by atoms with Crippen molar-refractivity contribution >= 4 is 22.9 Å². The van der Waals surface area contributed by atoms with Crippen LogP contribution in [0.4, 0.5) is 11.8 Å². The molecule has 0 unspecified atom stereocenters. The van der Waals surface area contributed by atoms with Gasteiger partial charge in [0.05, 0.1) is 24.0 Å². The highest BCUT2D eigenvalue weighted by molar-refractivity contribution is 5.84. The van der Waals surface area contributed by atoms with Gasteiger partial charge < -0.3 is 34.7 Å². The first-order chi connectivity index (χ1) is 18.9. The fourth-order valence-corrected chi connectivity index (χ4v) is 4.83. The number of aryl methyl sites for hydroxylation is 2. The number of nitrogens with zero attached hydrogens (tertiary/aromatic N) is 7. The first-order valence-corrected chi connectivity index (χ1v) is 13.6.